The molecule has 112 valence electrons. The Morgan fingerprint density at radius 3 is 2.82 bits per heavy atom. The number of nitrogens with zero attached hydrogens (tertiary/aromatic N) is 1. The summed E-state index contributed by atoms with van der Waals surface area (Å²) in [4.78, 5) is 31.4. The van der Waals surface area contributed by atoms with Crippen LogP contribution in [0.15, 0.2) is 41.2 Å². The van der Waals surface area contributed by atoms with Crippen LogP contribution >= 0.6 is 22.9 Å². The second-order valence-electron chi connectivity index (χ2n) is 4.62. The van der Waals surface area contributed by atoms with Gasteiger partial charge in [0.25, 0.3) is 5.56 Å². The Hall–Kier alpha value is -2.18. The Bertz CT molecular complexity index is 903. The molecule has 1 N–H and O–H groups in total. The number of esters is 1. The number of aromatic nitrogens is 2. The number of H-pyrrole nitrogens is 1. The standard InChI is InChI=1S/C15H11ClN2O3S/c1-8(21-15(20)11-6-7-12(16)22-11)13-17-10-5-3-2-4-9(10)14(19)18-13/h2-8H,1H3,(H,17,18,19)/t8-/m1/s1. The van der Waals surface area contributed by atoms with E-state index in [0.29, 0.717) is 25.9 Å². The lowest BCUT2D eigenvalue weighted by atomic mass is 10.2. The number of benzene rings is 1. The summed E-state index contributed by atoms with van der Waals surface area (Å²) in [5.74, 6) is -0.195. The van der Waals surface area contributed by atoms with Crippen molar-refractivity contribution in [3.63, 3.8) is 0 Å². The summed E-state index contributed by atoms with van der Waals surface area (Å²) < 4.78 is 5.83. The van der Waals surface area contributed by atoms with E-state index >= 15 is 0 Å². The molecular weight excluding hydrogens is 324 g/mol. The number of fused-ring (bicyclic) bond motifs is 1. The monoisotopic (exact) mass is 334 g/mol. The summed E-state index contributed by atoms with van der Waals surface area (Å²) in [7, 11) is 0. The van der Waals surface area contributed by atoms with Crippen LogP contribution in [-0.4, -0.2) is 15.9 Å². The maximum atomic E-state index is 12.0. The first-order chi connectivity index (χ1) is 10.5. The lowest BCUT2D eigenvalue weighted by Crippen LogP contribution is -2.17. The Morgan fingerprint density at radius 1 is 1.32 bits per heavy atom. The summed E-state index contributed by atoms with van der Waals surface area (Å²) >= 11 is 6.93. The number of rotatable bonds is 3. The number of thiophene rings is 1. The van der Waals surface area contributed by atoms with Gasteiger partial charge in [0.05, 0.1) is 15.2 Å². The van der Waals surface area contributed by atoms with Crippen molar-refractivity contribution in [2.24, 2.45) is 0 Å². The number of hydrogen-bond donors (Lipinski definition) is 1. The number of ether oxygens (including phenoxy) is 1. The molecule has 0 aliphatic carbocycles. The van der Waals surface area contributed by atoms with Gasteiger partial charge in [-0.1, -0.05) is 23.7 Å². The molecule has 0 amide bonds. The van der Waals surface area contributed by atoms with Gasteiger partial charge in [-0.05, 0) is 31.2 Å². The highest BCUT2D eigenvalue weighted by Crippen LogP contribution is 2.24. The molecule has 0 spiro atoms. The molecule has 5 nitrogen and oxygen atoms in total. The van der Waals surface area contributed by atoms with Gasteiger partial charge < -0.3 is 9.72 Å². The van der Waals surface area contributed by atoms with Crippen molar-refractivity contribution < 1.29 is 9.53 Å². The van der Waals surface area contributed by atoms with Crippen LogP contribution in [-0.2, 0) is 4.74 Å². The van der Waals surface area contributed by atoms with Gasteiger partial charge in [0.1, 0.15) is 4.88 Å². The fourth-order valence-electron chi connectivity index (χ4n) is 2.00. The van der Waals surface area contributed by atoms with Gasteiger partial charge in [0, 0.05) is 0 Å². The summed E-state index contributed by atoms with van der Waals surface area (Å²) in [6.07, 6.45) is -0.675. The van der Waals surface area contributed by atoms with E-state index in [0.717, 1.165) is 11.3 Å². The number of para-hydroxylation sites is 1. The molecule has 3 rings (SSSR count). The average molecular weight is 335 g/mol. The van der Waals surface area contributed by atoms with Crippen LogP contribution in [0, 0.1) is 0 Å². The fraction of sp³-hybridized carbons (Fsp3) is 0.133. The van der Waals surface area contributed by atoms with E-state index in [1.807, 2.05) is 0 Å². The van der Waals surface area contributed by atoms with Gasteiger partial charge in [-0.15, -0.1) is 11.3 Å². The normalized spacial score (nSPS) is 12.3. The largest absolute Gasteiger partial charge is 0.450 e. The minimum Gasteiger partial charge on any atom is -0.450 e. The lowest BCUT2D eigenvalue weighted by molar-refractivity contribution is 0.0326. The van der Waals surface area contributed by atoms with Crippen molar-refractivity contribution in [3.8, 4) is 0 Å². The molecule has 0 unspecified atom stereocenters. The molecule has 22 heavy (non-hydrogen) atoms. The molecule has 2 aromatic heterocycles. The van der Waals surface area contributed by atoms with Crippen LogP contribution in [0.4, 0.5) is 0 Å². The van der Waals surface area contributed by atoms with Crippen LogP contribution in [0.2, 0.25) is 4.34 Å². The van der Waals surface area contributed by atoms with Gasteiger partial charge in [-0.2, -0.15) is 0 Å². The van der Waals surface area contributed by atoms with Crippen LogP contribution in [0.25, 0.3) is 10.9 Å². The van der Waals surface area contributed by atoms with Gasteiger partial charge in [0.15, 0.2) is 11.9 Å². The van der Waals surface area contributed by atoms with E-state index in [4.69, 9.17) is 16.3 Å². The Morgan fingerprint density at radius 2 is 2.09 bits per heavy atom. The van der Waals surface area contributed by atoms with Crippen molar-refractivity contribution in [2.45, 2.75) is 13.0 Å². The molecule has 1 aromatic carbocycles. The third-order valence-corrected chi connectivity index (χ3v) is 4.29. The van der Waals surface area contributed by atoms with Crippen molar-refractivity contribution >= 4 is 39.8 Å². The smallest absolute Gasteiger partial charge is 0.349 e. The topological polar surface area (TPSA) is 72.0 Å². The summed E-state index contributed by atoms with van der Waals surface area (Å²) in [6, 6.07) is 10.2. The molecule has 0 fully saturated rings. The third kappa shape index (κ3) is 2.88. The van der Waals surface area contributed by atoms with Gasteiger partial charge in [0.2, 0.25) is 0 Å². The zero-order valence-electron chi connectivity index (χ0n) is 11.5. The first kappa shape index (κ1) is 14.7. The van der Waals surface area contributed by atoms with E-state index in [-0.39, 0.29) is 5.56 Å². The molecule has 2 heterocycles. The number of halogens is 1. The highest BCUT2D eigenvalue weighted by atomic mass is 35.5. The maximum absolute atomic E-state index is 12.0. The summed E-state index contributed by atoms with van der Waals surface area (Å²) in [5, 5.41) is 0.495. The fourth-order valence-corrected chi connectivity index (χ4v) is 2.92. The van der Waals surface area contributed by atoms with E-state index < -0.39 is 12.1 Å². The van der Waals surface area contributed by atoms with Crippen molar-refractivity contribution in [1.29, 1.82) is 0 Å². The highest BCUT2D eigenvalue weighted by molar-refractivity contribution is 7.17. The van der Waals surface area contributed by atoms with Crippen LogP contribution in [0.1, 0.15) is 28.5 Å². The molecule has 0 aliphatic rings. The van der Waals surface area contributed by atoms with Gasteiger partial charge >= 0.3 is 5.97 Å². The number of carbonyl (C=O) groups excluding carboxylic acids is 1. The SMILES string of the molecule is C[C@@H](OC(=O)c1ccc(Cl)s1)c1nc2ccccc2c(=O)[nH]1. The molecule has 0 aliphatic heterocycles. The Balaban J connectivity index is 1.87. The van der Waals surface area contributed by atoms with Crippen LogP contribution in [0.5, 0.6) is 0 Å². The lowest BCUT2D eigenvalue weighted by Gasteiger charge is -2.12. The van der Waals surface area contributed by atoms with Gasteiger partial charge in [-0.25, -0.2) is 9.78 Å². The molecule has 0 saturated carbocycles. The predicted molar refractivity (Wildman–Crippen MR) is 85.5 cm³/mol. The quantitative estimate of drug-likeness (QED) is 0.743. The van der Waals surface area contributed by atoms with Gasteiger partial charge in [-0.3, -0.25) is 4.79 Å². The number of aromatic amines is 1. The molecule has 0 radical (unpaired) electrons. The zero-order chi connectivity index (χ0) is 15.7. The number of hydrogen-bond acceptors (Lipinski definition) is 5. The van der Waals surface area contributed by atoms with Crippen LogP contribution in [0.3, 0.4) is 0 Å². The first-order valence-corrected chi connectivity index (χ1v) is 7.69. The number of carbonyl (C=O) groups is 1. The Kier molecular flexibility index (Phi) is 3.96. The number of nitrogens with one attached hydrogen (secondary N) is 1. The van der Waals surface area contributed by atoms with E-state index in [1.54, 1.807) is 43.3 Å². The first-order valence-electron chi connectivity index (χ1n) is 6.50. The molecular formula is C15H11ClN2O3S. The molecule has 3 aromatic rings. The summed E-state index contributed by atoms with van der Waals surface area (Å²) in [5.41, 5.74) is 0.297. The average Bonchev–Trinajstić information content (AvgIpc) is 2.94. The van der Waals surface area contributed by atoms with Crippen molar-refractivity contribution in [1.82, 2.24) is 9.97 Å². The minimum atomic E-state index is -0.675. The molecule has 7 heteroatoms. The second kappa shape index (κ2) is 5.90. The zero-order valence-corrected chi connectivity index (χ0v) is 13.1. The molecule has 0 saturated heterocycles. The maximum Gasteiger partial charge on any atom is 0.349 e. The van der Waals surface area contributed by atoms with Crippen molar-refractivity contribution in [2.75, 3.05) is 0 Å². The predicted octanol–water partition coefficient (Wildman–Crippen LogP) is 3.56. The summed E-state index contributed by atoms with van der Waals surface area (Å²) in [6.45, 7) is 1.65. The van der Waals surface area contributed by atoms with E-state index in [1.165, 1.54) is 0 Å². The minimum absolute atomic E-state index is 0.261. The van der Waals surface area contributed by atoms with Crippen molar-refractivity contribution in [3.05, 3.63) is 61.8 Å². The van der Waals surface area contributed by atoms with E-state index in [2.05, 4.69) is 9.97 Å². The van der Waals surface area contributed by atoms with E-state index in [9.17, 15) is 9.59 Å². The second-order valence-corrected chi connectivity index (χ2v) is 6.33. The third-order valence-electron chi connectivity index (χ3n) is 3.07. The Labute approximate surface area is 134 Å². The molecule has 0 bridgehead atoms. The van der Waals surface area contributed by atoms with Crippen LogP contribution < -0.4 is 5.56 Å². The molecule has 1 atom stereocenters. The highest BCUT2D eigenvalue weighted by Gasteiger charge is 2.18.